The number of ether oxygens (including phenoxy) is 1. The standard InChI is InChI=1S/C22H20F3N3O3S/c23-22(24,25)15-6-3-5-14(11-15)20(30)27-21-28(17-8-1-2-9-18(17)32-21)13-19(29)26-12-16-7-4-10-31-16/h1-3,5-6,8-9,11,16H,4,7,10,12-13H2,(H,26,29)/t16-/m0/s1. The van der Waals surface area contributed by atoms with Crippen LogP contribution in [-0.4, -0.2) is 35.6 Å². The van der Waals surface area contributed by atoms with E-state index in [2.05, 4.69) is 10.3 Å². The number of nitrogens with one attached hydrogen (secondary N) is 1. The Bertz CT molecular complexity index is 1210. The molecule has 1 aliphatic rings. The Kier molecular flexibility index (Phi) is 6.43. The maximum atomic E-state index is 13.0. The molecule has 2 amide bonds. The van der Waals surface area contributed by atoms with Crippen molar-refractivity contribution in [1.29, 1.82) is 0 Å². The van der Waals surface area contributed by atoms with E-state index in [1.54, 1.807) is 16.7 Å². The van der Waals surface area contributed by atoms with E-state index in [1.165, 1.54) is 23.5 Å². The van der Waals surface area contributed by atoms with Gasteiger partial charge in [-0.25, -0.2) is 0 Å². The first-order chi connectivity index (χ1) is 15.3. The third-order valence-electron chi connectivity index (χ3n) is 5.07. The maximum Gasteiger partial charge on any atom is 0.416 e. The van der Waals surface area contributed by atoms with Crippen LogP contribution in [0.4, 0.5) is 13.2 Å². The average Bonchev–Trinajstić information content (AvgIpc) is 3.40. The second-order valence-electron chi connectivity index (χ2n) is 7.37. The summed E-state index contributed by atoms with van der Waals surface area (Å²) in [5.74, 6) is -1.08. The number of hydrogen-bond acceptors (Lipinski definition) is 4. The van der Waals surface area contributed by atoms with Crippen molar-refractivity contribution in [2.24, 2.45) is 4.99 Å². The molecule has 4 rings (SSSR count). The number of amides is 2. The molecule has 0 spiro atoms. The van der Waals surface area contributed by atoms with Crippen molar-refractivity contribution in [3.05, 3.63) is 64.5 Å². The Morgan fingerprint density at radius 1 is 1.19 bits per heavy atom. The Hall–Kier alpha value is -2.98. The van der Waals surface area contributed by atoms with Gasteiger partial charge in [0.1, 0.15) is 6.54 Å². The third-order valence-corrected chi connectivity index (χ3v) is 6.13. The first kappa shape index (κ1) is 22.2. The number of fused-ring (bicyclic) bond motifs is 1. The van der Waals surface area contributed by atoms with E-state index in [9.17, 15) is 22.8 Å². The highest BCUT2D eigenvalue weighted by atomic mass is 32.1. The monoisotopic (exact) mass is 463 g/mol. The zero-order valence-electron chi connectivity index (χ0n) is 16.9. The van der Waals surface area contributed by atoms with Crippen molar-refractivity contribution >= 4 is 33.4 Å². The minimum absolute atomic E-state index is 0.00480. The maximum absolute atomic E-state index is 13.0. The molecule has 168 valence electrons. The number of halogens is 3. The first-order valence-corrected chi connectivity index (χ1v) is 10.9. The minimum atomic E-state index is -4.56. The molecule has 2 heterocycles. The van der Waals surface area contributed by atoms with E-state index in [4.69, 9.17) is 4.74 Å². The van der Waals surface area contributed by atoms with Crippen molar-refractivity contribution in [2.45, 2.75) is 31.7 Å². The van der Waals surface area contributed by atoms with Crippen molar-refractivity contribution in [3.8, 4) is 0 Å². The molecule has 1 aromatic heterocycles. The van der Waals surface area contributed by atoms with Crippen molar-refractivity contribution < 1.29 is 27.5 Å². The minimum Gasteiger partial charge on any atom is -0.376 e. The molecule has 0 bridgehead atoms. The van der Waals surface area contributed by atoms with Gasteiger partial charge < -0.3 is 14.6 Å². The van der Waals surface area contributed by atoms with Gasteiger partial charge in [-0.2, -0.15) is 18.2 Å². The van der Waals surface area contributed by atoms with Crippen molar-refractivity contribution in [2.75, 3.05) is 13.2 Å². The van der Waals surface area contributed by atoms with Gasteiger partial charge in [0.05, 0.1) is 21.9 Å². The number of thiazole rings is 1. The molecule has 32 heavy (non-hydrogen) atoms. The lowest BCUT2D eigenvalue weighted by Crippen LogP contribution is -2.35. The molecule has 0 unspecified atom stereocenters. The molecule has 1 N–H and O–H groups in total. The first-order valence-electron chi connectivity index (χ1n) is 10.0. The number of aromatic nitrogens is 1. The van der Waals surface area contributed by atoms with Gasteiger partial charge in [-0.1, -0.05) is 29.5 Å². The van der Waals surface area contributed by atoms with Gasteiger partial charge in [0.2, 0.25) is 5.91 Å². The summed E-state index contributed by atoms with van der Waals surface area (Å²) in [4.78, 5) is 29.5. The molecule has 2 aromatic carbocycles. The molecule has 6 nitrogen and oxygen atoms in total. The fourth-order valence-corrected chi connectivity index (χ4v) is 4.50. The molecule has 0 saturated carbocycles. The molecular weight excluding hydrogens is 443 g/mol. The summed E-state index contributed by atoms with van der Waals surface area (Å²) >= 11 is 1.19. The lowest BCUT2D eigenvalue weighted by molar-refractivity contribution is -0.137. The van der Waals surface area contributed by atoms with E-state index in [0.29, 0.717) is 18.7 Å². The number of rotatable bonds is 5. The van der Waals surface area contributed by atoms with Crippen molar-refractivity contribution in [3.63, 3.8) is 0 Å². The molecule has 1 fully saturated rings. The number of alkyl halides is 3. The summed E-state index contributed by atoms with van der Waals surface area (Å²) in [6, 6.07) is 11.4. The summed E-state index contributed by atoms with van der Waals surface area (Å²) in [6.45, 7) is 1.01. The summed E-state index contributed by atoms with van der Waals surface area (Å²) in [5, 5.41) is 2.83. The van der Waals surface area contributed by atoms with Crippen LogP contribution >= 0.6 is 11.3 Å². The topological polar surface area (TPSA) is 72.7 Å². The van der Waals surface area contributed by atoms with Crippen LogP contribution in [0.15, 0.2) is 53.5 Å². The quantitative estimate of drug-likeness (QED) is 0.626. The number of para-hydroxylation sites is 1. The largest absolute Gasteiger partial charge is 0.416 e. The Labute approximate surface area is 185 Å². The van der Waals surface area contributed by atoms with Crippen LogP contribution in [0.25, 0.3) is 10.2 Å². The lowest BCUT2D eigenvalue weighted by Gasteiger charge is -2.11. The Morgan fingerprint density at radius 2 is 2.00 bits per heavy atom. The fourth-order valence-electron chi connectivity index (χ4n) is 3.47. The van der Waals surface area contributed by atoms with Crippen LogP contribution in [-0.2, 0) is 22.3 Å². The average molecular weight is 463 g/mol. The van der Waals surface area contributed by atoms with Crippen LogP contribution in [0.3, 0.4) is 0 Å². The highest BCUT2D eigenvalue weighted by molar-refractivity contribution is 7.16. The molecular formula is C22H20F3N3O3S. The Balaban J connectivity index is 1.62. The van der Waals surface area contributed by atoms with Gasteiger partial charge in [-0.05, 0) is 43.2 Å². The second-order valence-corrected chi connectivity index (χ2v) is 8.38. The fraction of sp³-hybridized carbons (Fsp3) is 0.318. The zero-order valence-corrected chi connectivity index (χ0v) is 17.7. The number of carbonyl (C=O) groups excluding carboxylic acids is 2. The van der Waals surface area contributed by atoms with Crippen LogP contribution in [0.2, 0.25) is 0 Å². The van der Waals surface area contributed by atoms with E-state index >= 15 is 0 Å². The van der Waals surface area contributed by atoms with Crippen LogP contribution in [0, 0.1) is 0 Å². The lowest BCUT2D eigenvalue weighted by atomic mass is 10.1. The number of nitrogens with zero attached hydrogens (tertiary/aromatic N) is 2. The number of carbonyl (C=O) groups is 2. The van der Waals surface area contributed by atoms with Crippen LogP contribution in [0.1, 0.15) is 28.8 Å². The molecule has 3 aromatic rings. The van der Waals surface area contributed by atoms with E-state index < -0.39 is 17.6 Å². The zero-order chi connectivity index (χ0) is 22.7. The number of benzene rings is 2. The molecule has 0 radical (unpaired) electrons. The van der Waals surface area contributed by atoms with E-state index in [1.807, 2.05) is 12.1 Å². The predicted molar refractivity (Wildman–Crippen MR) is 113 cm³/mol. The van der Waals surface area contributed by atoms with Gasteiger partial charge >= 0.3 is 6.18 Å². The molecule has 0 aliphatic carbocycles. The third kappa shape index (κ3) is 5.08. The van der Waals surface area contributed by atoms with E-state index in [-0.39, 0.29) is 28.9 Å². The molecule has 1 saturated heterocycles. The predicted octanol–water partition coefficient (Wildman–Crippen LogP) is 3.76. The van der Waals surface area contributed by atoms with Crippen molar-refractivity contribution in [1.82, 2.24) is 9.88 Å². The molecule has 10 heteroatoms. The smallest absolute Gasteiger partial charge is 0.376 e. The van der Waals surface area contributed by atoms with Crippen LogP contribution in [0.5, 0.6) is 0 Å². The summed E-state index contributed by atoms with van der Waals surface area (Å²) < 4.78 is 46.9. The van der Waals surface area contributed by atoms with Crippen LogP contribution < -0.4 is 10.1 Å². The molecule has 1 aliphatic heterocycles. The SMILES string of the molecule is O=C(Cn1c(=NC(=O)c2cccc(C(F)(F)F)c2)sc2ccccc21)NC[C@@H]1CCCO1. The van der Waals surface area contributed by atoms with Gasteiger partial charge in [-0.3, -0.25) is 9.59 Å². The number of hydrogen-bond donors (Lipinski definition) is 1. The highest BCUT2D eigenvalue weighted by Gasteiger charge is 2.31. The normalized spacial score (nSPS) is 17.1. The van der Waals surface area contributed by atoms with Gasteiger partial charge in [0.25, 0.3) is 5.91 Å². The Morgan fingerprint density at radius 3 is 2.75 bits per heavy atom. The van der Waals surface area contributed by atoms with Gasteiger partial charge in [0, 0.05) is 18.7 Å². The van der Waals surface area contributed by atoms with Gasteiger partial charge in [0.15, 0.2) is 4.80 Å². The highest BCUT2D eigenvalue weighted by Crippen LogP contribution is 2.29. The summed E-state index contributed by atoms with van der Waals surface area (Å²) in [6.07, 6.45) is -2.71. The summed E-state index contributed by atoms with van der Waals surface area (Å²) in [7, 11) is 0. The molecule has 1 atom stereocenters. The second kappa shape index (κ2) is 9.25. The summed E-state index contributed by atoms with van der Waals surface area (Å²) in [5.41, 5.74) is -0.386. The van der Waals surface area contributed by atoms with E-state index in [0.717, 1.165) is 29.7 Å². The van der Waals surface area contributed by atoms with Gasteiger partial charge in [-0.15, -0.1) is 0 Å².